The van der Waals surface area contributed by atoms with Gasteiger partial charge < -0.3 is 0 Å². The number of rotatable bonds is 3. The number of benzene rings is 3. The maximum Gasteiger partial charge on any atom is 0.120 e. The van der Waals surface area contributed by atoms with Gasteiger partial charge in [0.05, 0.1) is 0 Å². The molecule has 0 aromatic heterocycles. The van der Waals surface area contributed by atoms with Crippen molar-refractivity contribution in [3.05, 3.63) is 107 Å². The zero-order chi connectivity index (χ0) is 15.6. The van der Waals surface area contributed by atoms with Crippen molar-refractivity contribution in [3.8, 4) is 0 Å². The highest BCUT2D eigenvalue weighted by molar-refractivity contribution is 6.28. The van der Waals surface area contributed by atoms with E-state index in [2.05, 4.69) is 56.3 Å². The average molecular weight is 307 g/mol. The van der Waals surface area contributed by atoms with Gasteiger partial charge in [-0.2, -0.15) is 0 Å². The predicted molar refractivity (Wildman–Crippen MR) is 94.5 cm³/mol. The Bertz CT molecular complexity index is 721. The lowest BCUT2D eigenvalue weighted by atomic mass is 9.81. The van der Waals surface area contributed by atoms with Crippen LogP contribution in [0.5, 0.6) is 0 Å². The molecule has 110 valence electrons. The van der Waals surface area contributed by atoms with Crippen molar-refractivity contribution >= 4 is 11.6 Å². The lowest BCUT2D eigenvalue weighted by Gasteiger charge is -2.31. The molecule has 0 radical (unpaired) electrons. The van der Waals surface area contributed by atoms with Crippen LogP contribution < -0.4 is 0 Å². The molecule has 3 rings (SSSR count). The third-order valence-corrected chi connectivity index (χ3v) is 4.75. The Labute approximate surface area is 137 Å². The van der Waals surface area contributed by atoms with Gasteiger partial charge in [0.2, 0.25) is 0 Å². The summed E-state index contributed by atoms with van der Waals surface area (Å²) in [6, 6.07) is 27.1. The topological polar surface area (TPSA) is 0 Å². The summed E-state index contributed by atoms with van der Waals surface area (Å²) in [6.07, 6.45) is 0. The Hall–Kier alpha value is -2.05. The number of hydrogen-bond acceptors (Lipinski definition) is 0. The molecule has 0 atom stereocenters. The van der Waals surface area contributed by atoms with E-state index in [1.165, 1.54) is 11.1 Å². The normalized spacial score (nSPS) is 11.4. The smallest absolute Gasteiger partial charge is 0.104 e. The zero-order valence-corrected chi connectivity index (χ0v) is 13.6. The van der Waals surface area contributed by atoms with Gasteiger partial charge in [-0.05, 0) is 36.1 Å². The molecule has 0 spiro atoms. The Morgan fingerprint density at radius 3 is 1.68 bits per heavy atom. The lowest BCUT2D eigenvalue weighted by Crippen LogP contribution is -2.23. The van der Waals surface area contributed by atoms with Gasteiger partial charge in [-0.3, -0.25) is 0 Å². The van der Waals surface area contributed by atoms with Gasteiger partial charge >= 0.3 is 0 Å². The van der Waals surface area contributed by atoms with E-state index >= 15 is 0 Å². The number of halogens is 1. The quantitative estimate of drug-likeness (QED) is 0.421. The molecule has 0 saturated heterocycles. The molecule has 0 aliphatic carbocycles. The summed E-state index contributed by atoms with van der Waals surface area (Å²) in [7, 11) is 0. The first-order valence-electron chi connectivity index (χ1n) is 7.50. The van der Waals surface area contributed by atoms with Crippen molar-refractivity contribution in [2.75, 3.05) is 0 Å². The molecule has 0 fully saturated rings. The fourth-order valence-electron chi connectivity index (χ4n) is 2.92. The summed E-state index contributed by atoms with van der Waals surface area (Å²) in [4.78, 5) is -0.668. The molecule has 3 aromatic carbocycles. The highest BCUT2D eigenvalue weighted by atomic mass is 35.5. The summed E-state index contributed by atoms with van der Waals surface area (Å²) in [5, 5.41) is 0. The molecule has 0 nitrogen and oxygen atoms in total. The second kappa shape index (κ2) is 5.98. The first-order valence-corrected chi connectivity index (χ1v) is 7.88. The van der Waals surface area contributed by atoms with Crippen molar-refractivity contribution in [2.24, 2.45) is 0 Å². The predicted octanol–water partition coefficient (Wildman–Crippen LogP) is 5.83. The summed E-state index contributed by atoms with van der Waals surface area (Å²) in [5.41, 5.74) is 5.76. The van der Waals surface area contributed by atoms with Crippen LogP contribution in [-0.2, 0) is 4.87 Å². The van der Waals surface area contributed by atoms with E-state index in [1.807, 2.05) is 36.4 Å². The van der Waals surface area contributed by atoms with Gasteiger partial charge in [0.25, 0.3) is 0 Å². The van der Waals surface area contributed by atoms with E-state index in [0.29, 0.717) is 0 Å². The molecule has 0 saturated carbocycles. The molecule has 0 unspecified atom stereocenters. The van der Waals surface area contributed by atoms with Gasteiger partial charge in [0.1, 0.15) is 4.87 Å². The van der Waals surface area contributed by atoms with Gasteiger partial charge in [-0.15, -0.1) is 11.6 Å². The fourth-order valence-corrected chi connectivity index (χ4v) is 3.38. The monoisotopic (exact) mass is 306 g/mol. The zero-order valence-electron chi connectivity index (χ0n) is 12.9. The Morgan fingerprint density at radius 2 is 1.18 bits per heavy atom. The van der Waals surface area contributed by atoms with Crippen LogP contribution in [0.4, 0.5) is 0 Å². The van der Waals surface area contributed by atoms with Crippen molar-refractivity contribution in [1.29, 1.82) is 0 Å². The summed E-state index contributed by atoms with van der Waals surface area (Å²) in [6.45, 7) is 4.23. The molecule has 0 aliphatic heterocycles. The third-order valence-electron chi connectivity index (χ3n) is 4.11. The average Bonchev–Trinajstić information content (AvgIpc) is 2.58. The van der Waals surface area contributed by atoms with Crippen LogP contribution in [0.25, 0.3) is 0 Å². The molecule has 0 heterocycles. The van der Waals surface area contributed by atoms with E-state index in [-0.39, 0.29) is 0 Å². The van der Waals surface area contributed by atoms with Gasteiger partial charge in [0, 0.05) is 0 Å². The van der Waals surface area contributed by atoms with Crippen molar-refractivity contribution in [3.63, 3.8) is 0 Å². The molecular formula is C21H19Cl. The number of aryl methyl sites for hydroxylation is 2. The maximum atomic E-state index is 7.29. The molecular weight excluding hydrogens is 288 g/mol. The minimum absolute atomic E-state index is 0.668. The van der Waals surface area contributed by atoms with E-state index in [1.54, 1.807) is 0 Å². The number of alkyl halides is 1. The summed E-state index contributed by atoms with van der Waals surface area (Å²) < 4.78 is 0. The minimum atomic E-state index is -0.668. The second-order valence-corrected chi connectivity index (χ2v) is 6.28. The minimum Gasteiger partial charge on any atom is -0.104 e. The second-order valence-electron chi connectivity index (χ2n) is 5.71. The SMILES string of the molecule is Cc1ccc(C)c(C(Cl)(c2ccccc2)c2ccccc2)c1. The molecule has 22 heavy (non-hydrogen) atoms. The van der Waals surface area contributed by atoms with Gasteiger partial charge in [-0.1, -0.05) is 84.4 Å². The van der Waals surface area contributed by atoms with Gasteiger partial charge in [-0.25, -0.2) is 0 Å². The van der Waals surface area contributed by atoms with Crippen LogP contribution in [-0.4, -0.2) is 0 Å². The molecule has 3 aromatic rings. The Kier molecular flexibility index (Phi) is 4.04. The van der Waals surface area contributed by atoms with Crippen LogP contribution in [0, 0.1) is 13.8 Å². The molecule has 0 aliphatic rings. The van der Waals surface area contributed by atoms with Crippen molar-refractivity contribution in [1.82, 2.24) is 0 Å². The fraction of sp³-hybridized carbons (Fsp3) is 0.143. The first-order chi connectivity index (χ1) is 10.6. The van der Waals surface area contributed by atoms with Crippen molar-refractivity contribution in [2.45, 2.75) is 18.7 Å². The maximum absolute atomic E-state index is 7.29. The molecule has 0 bridgehead atoms. The molecule has 0 N–H and O–H groups in total. The van der Waals surface area contributed by atoms with Crippen molar-refractivity contribution < 1.29 is 0 Å². The van der Waals surface area contributed by atoms with E-state index in [0.717, 1.165) is 16.7 Å². The van der Waals surface area contributed by atoms with E-state index in [9.17, 15) is 0 Å². The molecule has 0 amide bonds. The third kappa shape index (κ3) is 2.55. The highest BCUT2D eigenvalue weighted by Gasteiger charge is 2.35. The van der Waals surface area contributed by atoms with Crippen LogP contribution in [0.15, 0.2) is 78.9 Å². The Balaban J connectivity index is 2.31. The van der Waals surface area contributed by atoms with Crippen LogP contribution in [0.2, 0.25) is 0 Å². The number of hydrogen-bond donors (Lipinski definition) is 0. The van der Waals surface area contributed by atoms with E-state index in [4.69, 9.17) is 11.6 Å². The summed E-state index contributed by atoms with van der Waals surface area (Å²) in [5.74, 6) is 0. The van der Waals surface area contributed by atoms with Crippen LogP contribution >= 0.6 is 11.6 Å². The molecule has 1 heteroatoms. The Morgan fingerprint density at radius 1 is 0.682 bits per heavy atom. The van der Waals surface area contributed by atoms with Crippen LogP contribution in [0.3, 0.4) is 0 Å². The van der Waals surface area contributed by atoms with Gasteiger partial charge in [0.15, 0.2) is 0 Å². The van der Waals surface area contributed by atoms with E-state index < -0.39 is 4.87 Å². The standard InChI is InChI=1S/C21H19Cl/c1-16-13-14-17(2)20(15-16)21(22,18-9-5-3-6-10-18)19-11-7-4-8-12-19/h3-15H,1-2H3. The highest BCUT2D eigenvalue weighted by Crippen LogP contribution is 2.44. The van der Waals surface area contributed by atoms with Crippen LogP contribution in [0.1, 0.15) is 27.8 Å². The lowest BCUT2D eigenvalue weighted by molar-refractivity contribution is 0.866. The first kappa shape index (κ1) is 14.9. The largest absolute Gasteiger partial charge is 0.120 e. The summed E-state index contributed by atoms with van der Waals surface area (Å²) >= 11 is 7.29.